The van der Waals surface area contributed by atoms with E-state index in [4.69, 9.17) is 0 Å². The second kappa shape index (κ2) is 8.71. The van der Waals surface area contributed by atoms with Crippen molar-refractivity contribution in [2.45, 2.75) is 57.9 Å². The third kappa shape index (κ3) is 5.41. The molecule has 2 rings (SSSR count). The summed E-state index contributed by atoms with van der Waals surface area (Å²) in [6.45, 7) is 4.26. The lowest BCUT2D eigenvalue weighted by Gasteiger charge is -2.34. The van der Waals surface area contributed by atoms with E-state index in [0.717, 1.165) is 32.4 Å². The molecule has 116 valence electrons. The molecule has 0 radical (unpaired) electrons. The third-order valence-corrected chi connectivity index (χ3v) is 4.24. The number of rotatable bonds is 7. The molecule has 1 amide bonds. The Morgan fingerprint density at radius 2 is 1.86 bits per heavy atom. The molecule has 1 fully saturated rings. The highest BCUT2D eigenvalue weighted by Crippen LogP contribution is 2.19. The highest BCUT2D eigenvalue weighted by molar-refractivity contribution is 5.76. The molecule has 0 spiro atoms. The zero-order valence-electron chi connectivity index (χ0n) is 13.2. The van der Waals surface area contributed by atoms with E-state index >= 15 is 0 Å². The molecule has 3 nitrogen and oxygen atoms in total. The van der Waals surface area contributed by atoms with Gasteiger partial charge in [-0.15, -0.1) is 0 Å². The van der Waals surface area contributed by atoms with Crippen molar-refractivity contribution in [1.29, 1.82) is 0 Å². The van der Waals surface area contributed by atoms with Crippen LogP contribution in [0.1, 0.15) is 51.9 Å². The van der Waals surface area contributed by atoms with Crippen LogP contribution in [-0.2, 0) is 4.79 Å². The molecule has 3 heteroatoms. The van der Waals surface area contributed by atoms with Gasteiger partial charge in [-0.05, 0) is 31.4 Å². The molecule has 1 saturated heterocycles. The van der Waals surface area contributed by atoms with E-state index in [1.54, 1.807) is 0 Å². The van der Waals surface area contributed by atoms with Crippen LogP contribution in [0.15, 0.2) is 30.3 Å². The molecule has 1 aliphatic heterocycles. The van der Waals surface area contributed by atoms with Crippen molar-refractivity contribution in [2.75, 3.05) is 18.0 Å². The topological polar surface area (TPSA) is 32.3 Å². The van der Waals surface area contributed by atoms with Crippen LogP contribution in [0.25, 0.3) is 0 Å². The first-order chi connectivity index (χ1) is 10.3. The van der Waals surface area contributed by atoms with Gasteiger partial charge in [-0.25, -0.2) is 0 Å². The minimum atomic E-state index is 0.240. The van der Waals surface area contributed by atoms with Gasteiger partial charge in [0.25, 0.3) is 0 Å². The van der Waals surface area contributed by atoms with Gasteiger partial charge in [-0.3, -0.25) is 4.79 Å². The Balaban J connectivity index is 1.66. The Morgan fingerprint density at radius 3 is 2.52 bits per heavy atom. The summed E-state index contributed by atoms with van der Waals surface area (Å²) < 4.78 is 0. The molecule has 0 bridgehead atoms. The monoisotopic (exact) mass is 288 g/mol. The lowest BCUT2D eigenvalue weighted by molar-refractivity contribution is -0.122. The number of carbonyl (C=O) groups excluding carboxylic acids is 1. The molecule has 0 atom stereocenters. The predicted molar refractivity (Wildman–Crippen MR) is 88.6 cm³/mol. The Hall–Kier alpha value is -1.51. The molecule has 0 aliphatic carbocycles. The molecule has 1 aromatic carbocycles. The number of anilines is 1. The Labute approximate surface area is 128 Å². The summed E-state index contributed by atoms with van der Waals surface area (Å²) in [6.07, 6.45) is 7.46. The number of hydrogen-bond acceptors (Lipinski definition) is 2. The number of nitrogens with one attached hydrogen (secondary N) is 1. The van der Waals surface area contributed by atoms with Gasteiger partial charge in [0, 0.05) is 31.2 Å². The third-order valence-electron chi connectivity index (χ3n) is 4.24. The van der Waals surface area contributed by atoms with E-state index in [1.807, 2.05) is 0 Å². The maximum atomic E-state index is 11.9. The molecule has 1 aromatic rings. The first kappa shape index (κ1) is 15.9. The fourth-order valence-corrected chi connectivity index (χ4v) is 2.93. The summed E-state index contributed by atoms with van der Waals surface area (Å²) in [6, 6.07) is 10.9. The normalized spacial score (nSPS) is 16.0. The molecular formula is C18H28N2O. The van der Waals surface area contributed by atoms with Crippen molar-refractivity contribution in [3.8, 4) is 0 Å². The second-order valence-corrected chi connectivity index (χ2v) is 5.98. The van der Waals surface area contributed by atoms with Crippen LogP contribution in [0.2, 0.25) is 0 Å². The number of amides is 1. The van der Waals surface area contributed by atoms with E-state index in [1.165, 1.54) is 24.9 Å². The average molecular weight is 288 g/mol. The zero-order chi connectivity index (χ0) is 14.9. The van der Waals surface area contributed by atoms with Crippen molar-refractivity contribution >= 4 is 11.6 Å². The van der Waals surface area contributed by atoms with Crippen LogP contribution in [-0.4, -0.2) is 25.0 Å². The number of benzene rings is 1. The summed E-state index contributed by atoms with van der Waals surface area (Å²) in [5.74, 6) is 0.240. The van der Waals surface area contributed by atoms with Gasteiger partial charge in [-0.1, -0.05) is 44.4 Å². The summed E-state index contributed by atoms with van der Waals surface area (Å²) in [5, 5.41) is 3.20. The predicted octanol–water partition coefficient (Wildman–Crippen LogP) is 3.74. The number of nitrogens with zero attached hydrogens (tertiary/aromatic N) is 1. The second-order valence-electron chi connectivity index (χ2n) is 5.98. The van der Waals surface area contributed by atoms with Crippen LogP contribution in [0, 0.1) is 0 Å². The molecule has 1 N–H and O–H groups in total. The van der Waals surface area contributed by atoms with Crippen molar-refractivity contribution in [3.63, 3.8) is 0 Å². The van der Waals surface area contributed by atoms with Crippen molar-refractivity contribution in [2.24, 2.45) is 0 Å². The summed E-state index contributed by atoms with van der Waals surface area (Å²) >= 11 is 0. The van der Waals surface area contributed by atoms with Crippen LogP contribution >= 0.6 is 0 Å². The first-order valence-electron chi connectivity index (χ1n) is 8.39. The number of hydrogen-bond donors (Lipinski definition) is 1. The molecule has 21 heavy (non-hydrogen) atoms. The van der Waals surface area contributed by atoms with Gasteiger partial charge in [0.15, 0.2) is 0 Å². The van der Waals surface area contributed by atoms with Crippen molar-refractivity contribution in [3.05, 3.63) is 30.3 Å². The molecule has 1 heterocycles. The highest BCUT2D eigenvalue weighted by Gasteiger charge is 2.20. The van der Waals surface area contributed by atoms with E-state index < -0.39 is 0 Å². The molecule has 0 unspecified atom stereocenters. The lowest BCUT2D eigenvalue weighted by Crippen LogP contribution is -2.44. The van der Waals surface area contributed by atoms with E-state index in [-0.39, 0.29) is 5.91 Å². The standard InChI is InChI=1S/C18H28N2O/c1-2-3-4-8-11-18(21)19-16-12-14-20(15-13-16)17-9-6-5-7-10-17/h5-7,9-10,16H,2-4,8,11-15H2,1H3,(H,19,21). The lowest BCUT2D eigenvalue weighted by atomic mass is 10.0. The quantitative estimate of drug-likeness (QED) is 0.775. The summed E-state index contributed by atoms with van der Waals surface area (Å²) in [7, 11) is 0. The van der Waals surface area contributed by atoms with Crippen molar-refractivity contribution in [1.82, 2.24) is 5.32 Å². The highest BCUT2D eigenvalue weighted by atomic mass is 16.1. The van der Waals surface area contributed by atoms with Gasteiger partial charge in [0.05, 0.1) is 0 Å². The van der Waals surface area contributed by atoms with Gasteiger partial charge >= 0.3 is 0 Å². The van der Waals surface area contributed by atoms with Gasteiger partial charge in [0.2, 0.25) is 5.91 Å². The number of carbonyl (C=O) groups is 1. The summed E-state index contributed by atoms with van der Waals surface area (Å²) in [5.41, 5.74) is 1.29. The Morgan fingerprint density at radius 1 is 1.14 bits per heavy atom. The summed E-state index contributed by atoms with van der Waals surface area (Å²) in [4.78, 5) is 14.3. The molecule has 0 aromatic heterocycles. The number of para-hydroxylation sites is 1. The van der Waals surface area contributed by atoms with Crippen LogP contribution in [0.4, 0.5) is 5.69 Å². The van der Waals surface area contributed by atoms with Gasteiger partial charge in [-0.2, -0.15) is 0 Å². The smallest absolute Gasteiger partial charge is 0.220 e. The van der Waals surface area contributed by atoms with Crippen molar-refractivity contribution < 1.29 is 4.79 Å². The molecule has 0 saturated carbocycles. The van der Waals surface area contributed by atoms with E-state index in [0.29, 0.717) is 12.5 Å². The number of unbranched alkanes of at least 4 members (excludes halogenated alkanes) is 3. The largest absolute Gasteiger partial charge is 0.371 e. The zero-order valence-corrected chi connectivity index (χ0v) is 13.2. The van der Waals surface area contributed by atoms with Crippen LogP contribution in [0.5, 0.6) is 0 Å². The number of piperidine rings is 1. The van der Waals surface area contributed by atoms with E-state index in [2.05, 4.69) is 47.5 Å². The fourth-order valence-electron chi connectivity index (χ4n) is 2.93. The minimum Gasteiger partial charge on any atom is -0.371 e. The van der Waals surface area contributed by atoms with Crippen LogP contribution in [0.3, 0.4) is 0 Å². The maximum Gasteiger partial charge on any atom is 0.220 e. The van der Waals surface area contributed by atoms with Crippen LogP contribution < -0.4 is 10.2 Å². The van der Waals surface area contributed by atoms with E-state index in [9.17, 15) is 4.79 Å². The minimum absolute atomic E-state index is 0.240. The first-order valence-corrected chi connectivity index (χ1v) is 8.39. The molecule has 1 aliphatic rings. The SMILES string of the molecule is CCCCCCC(=O)NC1CCN(c2ccccc2)CC1. The molecular weight excluding hydrogens is 260 g/mol. The average Bonchev–Trinajstić information content (AvgIpc) is 2.53. The Bertz CT molecular complexity index is 410. The maximum absolute atomic E-state index is 11.9. The fraction of sp³-hybridized carbons (Fsp3) is 0.611. The Kier molecular flexibility index (Phi) is 6.58. The van der Waals surface area contributed by atoms with Gasteiger partial charge in [0.1, 0.15) is 0 Å². The van der Waals surface area contributed by atoms with Gasteiger partial charge < -0.3 is 10.2 Å².